The Hall–Kier alpha value is -0.120. The van der Waals surface area contributed by atoms with Gasteiger partial charge in [0.15, 0.2) is 0 Å². The predicted molar refractivity (Wildman–Crippen MR) is 70.5 cm³/mol. The molecule has 0 aromatic rings. The molecule has 3 nitrogen and oxygen atoms in total. The molecule has 2 saturated carbocycles. The Balaban J connectivity index is 2.07. The summed E-state index contributed by atoms with van der Waals surface area (Å²) in [6, 6.07) is 0.355. The Morgan fingerprint density at radius 3 is 2.18 bits per heavy atom. The first kappa shape index (κ1) is 13.3. The number of nitrogens with two attached hydrogens (primary N) is 1. The van der Waals surface area contributed by atoms with E-state index in [0.717, 1.165) is 0 Å². The van der Waals surface area contributed by atoms with Crippen molar-refractivity contribution < 1.29 is 4.74 Å². The largest absolute Gasteiger partial charge is 0.377 e. The van der Waals surface area contributed by atoms with E-state index in [1.165, 1.54) is 64.2 Å². The van der Waals surface area contributed by atoms with Gasteiger partial charge in [-0.15, -0.1) is 0 Å². The van der Waals surface area contributed by atoms with Crippen LogP contribution in [0.25, 0.3) is 0 Å². The van der Waals surface area contributed by atoms with E-state index in [0.29, 0.717) is 12.0 Å². The van der Waals surface area contributed by atoms with E-state index < -0.39 is 0 Å². The van der Waals surface area contributed by atoms with Gasteiger partial charge in [-0.2, -0.15) is 0 Å². The van der Waals surface area contributed by atoms with E-state index in [1.54, 1.807) is 0 Å². The average molecular weight is 240 g/mol. The summed E-state index contributed by atoms with van der Waals surface area (Å²) in [5, 5.41) is 0. The number of hydrazine groups is 1. The summed E-state index contributed by atoms with van der Waals surface area (Å²) in [7, 11) is 1.87. The van der Waals surface area contributed by atoms with Crippen molar-refractivity contribution in [2.45, 2.75) is 75.9 Å². The third-order valence-corrected chi connectivity index (χ3v) is 4.97. The molecule has 0 aliphatic heterocycles. The molecule has 1 unspecified atom stereocenters. The summed E-state index contributed by atoms with van der Waals surface area (Å²) in [5.41, 5.74) is 3.12. The van der Waals surface area contributed by atoms with E-state index in [2.05, 4.69) is 5.43 Å². The number of nitrogens with one attached hydrogen (secondary N) is 1. The minimum atomic E-state index is 0.00894. The van der Waals surface area contributed by atoms with Gasteiger partial charge in [0, 0.05) is 7.11 Å². The van der Waals surface area contributed by atoms with Gasteiger partial charge in [0.25, 0.3) is 0 Å². The Labute approximate surface area is 105 Å². The lowest BCUT2D eigenvalue weighted by molar-refractivity contribution is -0.0853. The first-order valence-corrected chi connectivity index (χ1v) is 7.34. The molecule has 0 bridgehead atoms. The second kappa shape index (κ2) is 6.17. The molecule has 0 spiro atoms. The van der Waals surface area contributed by atoms with Gasteiger partial charge in [-0.05, 0) is 31.6 Å². The summed E-state index contributed by atoms with van der Waals surface area (Å²) >= 11 is 0. The summed E-state index contributed by atoms with van der Waals surface area (Å²) in [5.74, 6) is 6.58. The van der Waals surface area contributed by atoms with Gasteiger partial charge in [-0.25, -0.2) is 0 Å². The topological polar surface area (TPSA) is 47.3 Å². The van der Waals surface area contributed by atoms with E-state index in [-0.39, 0.29) is 5.60 Å². The van der Waals surface area contributed by atoms with Crippen molar-refractivity contribution in [2.75, 3.05) is 7.11 Å². The number of methoxy groups -OCH3 is 1. The second-order valence-electron chi connectivity index (χ2n) is 5.87. The number of ether oxygens (including phenoxy) is 1. The zero-order valence-corrected chi connectivity index (χ0v) is 11.2. The van der Waals surface area contributed by atoms with Gasteiger partial charge >= 0.3 is 0 Å². The summed E-state index contributed by atoms with van der Waals surface area (Å²) in [6.07, 6.45) is 13.0. The van der Waals surface area contributed by atoms with Gasteiger partial charge in [0.1, 0.15) is 0 Å². The molecule has 2 aliphatic rings. The van der Waals surface area contributed by atoms with Crippen LogP contribution in [0.5, 0.6) is 0 Å². The zero-order chi connectivity index (χ0) is 12.1. The molecule has 3 heteroatoms. The molecular formula is C14H28N2O. The van der Waals surface area contributed by atoms with Gasteiger partial charge in [0.05, 0.1) is 11.6 Å². The van der Waals surface area contributed by atoms with Crippen molar-refractivity contribution in [3.63, 3.8) is 0 Å². The maximum Gasteiger partial charge on any atom is 0.0847 e. The van der Waals surface area contributed by atoms with Crippen LogP contribution in [-0.2, 0) is 4.74 Å². The van der Waals surface area contributed by atoms with Gasteiger partial charge < -0.3 is 4.74 Å². The van der Waals surface area contributed by atoms with Gasteiger partial charge in [-0.3, -0.25) is 11.3 Å². The molecule has 17 heavy (non-hydrogen) atoms. The molecule has 2 fully saturated rings. The maximum absolute atomic E-state index is 5.94. The molecule has 100 valence electrons. The normalized spacial score (nSPS) is 27.9. The second-order valence-corrected chi connectivity index (χ2v) is 5.87. The van der Waals surface area contributed by atoms with Crippen LogP contribution >= 0.6 is 0 Å². The van der Waals surface area contributed by atoms with E-state index >= 15 is 0 Å². The fourth-order valence-electron chi connectivity index (χ4n) is 3.98. The van der Waals surface area contributed by atoms with Crippen molar-refractivity contribution in [1.82, 2.24) is 5.43 Å². The van der Waals surface area contributed by atoms with Crippen molar-refractivity contribution >= 4 is 0 Å². The highest BCUT2D eigenvalue weighted by Crippen LogP contribution is 2.40. The van der Waals surface area contributed by atoms with Gasteiger partial charge in [0.2, 0.25) is 0 Å². The van der Waals surface area contributed by atoms with Crippen molar-refractivity contribution in [2.24, 2.45) is 11.8 Å². The fraction of sp³-hybridized carbons (Fsp3) is 1.00. The first-order valence-electron chi connectivity index (χ1n) is 7.34. The van der Waals surface area contributed by atoms with Crippen LogP contribution in [0.3, 0.4) is 0 Å². The first-order chi connectivity index (χ1) is 8.32. The molecule has 2 aliphatic carbocycles. The molecule has 0 aromatic heterocycles. The minimum Gasteiger partial charge on any atom is -0.377 e. The quantitative estimate of drug-likeness (QED) is 0.587. The standard InChI is InChI=1S/C14H28N2O/c1-17-14(10-6-3-7-11-14)13(16-15)12-8-4-2-5-9-12/h12-13,16H,2-11,15H2,1H3. The molecular weight excluding hydrogens is 212 g/mol. The fourth-order valence-corrected chi connectivity index (χ4v) is 3.98. The molecule has 1 atom stereocenters. The third-order valence-electron chi connectivity index (χ3n) is 4.97. The molecule has 0 amide bonds. The van der Waals surface area contributed by atoms with Crippen molar-refractivity contribution in [3.8, 4) is 0 Å². The summed E-state index contributed by atoms with van der Waals surface area (Å²) < 4.78 is 5.94. The van der Waals surface area contributed by atoms with Gasteiger partial charge in [-0.1, -0.05) is 38.5 Å². The Bertz CT molecular complexity index is 220. The lowest BCUT2D eigenvalue weighted by Crippen LogP contribution is -2.59. The Morgan fingerprint density at radius 2 is 1.65 bits per heavy atom. The van der Waals surface area contributed by atoms with E-state index in [9.17, 15) is 0 Å². The highest BCUT2D eigenvalue weighted by molar-refractivity contribution is 4.98. The smallest absolute Gasteiger partial charge is 0.0847 e. The lowest BCUT2D eigenvalue weighted by atomic mass is 9.71. The average Bonchev–Trinajstić information content (AvgIpc) is 2.42. The summed E-state index contributed by atoms with van der Waals surface area (Å²) in [6.45, 7) is 0. The van der Waals surface area contributed by atoms with Crippen LogP contribution in [0.15, 0.2) is 0 Å². The number of hydrogen-bond donors (Lipinski definition) is 2. The minimum absolute atomic E-state index is 0.00894. The molecule has 2 rings (SSSR count). The predicted octanol–water partition coefficient (Wildman–Crippen LogP) is 2.75. The third kappa shape index (κ3) is 2.83. The molecule has 0 heterocycles. The van der Waals surface area contributed by atoms with E-state index in [4.69, 9.17) is 10.6 Å². The van der Waals surface area contributed by atoms with Crippen LogP contribution in [0.4, 0.5) is 0 Å². The van der Waals surface area contributed by atoms with Crippen molar-refractivity contribution in [1.29, 1.82) is 0 Å². The maximum atomic E-state index is 5.94. The van der Waals surface area contributed by atoms with Crippen LogP contribution in [0.1, 0.15) is 64.2 Å². The van der Waals surface area contributed by atoms with Crippen molar-refractivity contribution in [3.05, 3.63) is 0 Å². The monoisotopic (exact) mass is 240 g/mol. The van der Waals surface area contributed by atoms with Crippen LogP contribution in [0.2, 0.25) is 0 Å². The van der Waals surface area contributed by atoms with E-state index in [1.807, 2.05) is 7.11 Å². The van der Waals surface area contributed by atoms with Crippen LogP contribution in [-0.4, -0.2) is 18.8 Å². The molecule has 0 aromatic carbocycles. The Morgan fingerprint density at radius 1 is 1.06 bits per heavy atom. The highest BCUT2D eigenvalue weighted by atomic mass is 16.5. The molecule has 0 saturated heterocycles. The zero-order valence-electron chi connectivity index (χ0n) is 11.2. The number of hydrogen-bond acceptors (Lipinski definition) is 3. The highest BCUT2D eigenvalue weighted by Gasteiger charge is 2.43. The van der Waals surface area contributed by atoms with Crippen LogP contribution < -0.4 is 11.3 Å². The lowest BCUT2D eigenvalue weighted by Gasteiger charge is -2.46. The SMILES string of the molecule is COC1(C(NN)C2CCCCC2)CCCCC1. The molecule has 0 radical (unpaired) electrons. The van der Waals surface area contributed by atoms with Crippen LogP contribution in [0, 0.1) is 5.92 Å². The summed E-state index contributed by atoms with van der Waals surface area (Å²) in [4.78, 5) is 0. The number of rotatable bonds is 4. The Kier molecular flexibility index (Phi) is 4.83. The molecule has 3 N–H and O–H groups in total.